The van der Waals surface area contributed by atoms with E-state index in [-0.39, 0.29) is 28.4 Å². The molecule has 3 saturated heterocycles. The maximum atomic E-state index is 14.5. The van der Waals surface area contributed by atoms with Gasteiger partial charge < -0.3 is 73.6 Å². The van der Waals surface area contributed by atoms with Crippen LogP contribution in [0.2, 0.25) is 0 Å². The van der Waals surface area contributed by atoms with Gasteiger partial charge in [0, 0.05) is 18.4 Å². The molecule has 2 aromatic rings. The number of phenolic OH excluding ortho intramolecular Hbond substituents is 2. The van der Waals surface area contributed by atoms with Crippen LogP contribution in [0.1, 0.15) is 29.5 Å². The molecule has 2 aromatic carbocycles. The SMILES string of the molecule is COc1cc2c(c(OC)c1O)[C@H](c1ccc(O)cc1)[C@H]1C(=O)O[C@H]3[C@H](O)[C@@H](COC(=O)C1=C2)O[C@@]3(CO)O[C@H]1O[C@H](COC(C)=O)[C@@H](O)[C@H](O)[C@H]1O. The van der Waals surface area contributed by atoms with Crippen LogP contribution in [0.4, 0.5) is 0 Å². The van der Waals surface area contributed by atoms with Crippen molar-refractivity contribution in [3.63, 3.8) is 0 Å². The van der Waals surface area contributed by atoms with E-state index in [2.05, 4.69) is 0 Å². The molecule has 3 fully saturated rings. The maximum absolute atomic E-state index is 14.5. The third-order valence-electron chi connectivity index (χ3n) is 9.50. The first kappa shape index (κ1) is 37.2. The molecule has 0 aromatic heterocycles. The van der Waals surface area contributed by atoms with Crippen molar-refractivity contribution in [1.29, 1.82) is 0 Å². The van der Waals surface area contributed by atoms with E-state index in [9.17, 15) is 50.1 Å². The Hall–Kier alpha value is -4.53. The van der Waals surface area contributed by atoms with Gasteiger partial charge in [-0.05, 0) is 35.4 Å². The van der Waals surface area contributed by atoms with Gasteiger partial charge in [-0.1, -0.05) is 12.1 Å². The number of hydrogen-bond donors (Lipinski definition) is 7. The molecule has 1 aliphatic carbocycles. The second-order valence-corrected chi connectivity index (χ2v) is 12.6. The fourth-order valence-corrected chi connectivity index (χ4v) is 6.94. The van der Waals surface area contributed by atoms with E-state index in [4.69, 9.17) is 37.9 Å². The molecule has 0 saturated carbocycles. The number of methoxy groups -OCH3 is 2. The van der Waals surface area contributed by atoms with Crippen LogP contribution in [0, 0.1) is 5.92 Å². The van der Waals surface area contributed by atoms with Gasteiger partial charge in [-0.25, -0.2) is 4.79 Å². The van der Waals surface area contributed by atoms with Crippen molar-refractivity contribution in [2.75, 3.05) is 34.0 Å². The molecule has 0 unspecified atom stereocenters. The van der Waals surface area contributed by atoms with E-state index in [1.165, 1.54) is 50.6 Å². The van der Waals surface area contributed by atoms with Crippen LogP contribution in [0.5, 0.6) is 23.0 Å². The lowest BCUT2D eigenvalue weighted by Gasteiger charge is -2.44. The lowest BCUT2D eigenvalue weighted by molar-refractivity contribution is -0.383. The second-order valence-electron chi connectivity index (χ2n) is 12.6. The quantitative estimate of drug-likeness (QED) is 0.121. The van der Waals surface area contributed by atoms with Gasteiger partial charge in [-0.15, -0.1) is 0 Å². The highest BCUT2D eigenvalue weighted by atomic mass is 16.8. The molecule has 0 amide bonds. The number of carbonyl (C=O) groups is 3. The minimum atomic E-state index is -2.54. The largest absolute Gasteiger partial charge is 0.508 e. The number of aromatic hydroxyl groups is 2. The van der Waals surface area contributed by atoms with Crippen molar-refractivity contribution in [3.8, 4) is 23.0 Å². The summed E-state index contributed by atoms with van der Waals surface area (Å²) in [5, 5.41) is 75.0. The third-order valence-corrected chi connectivity index (χ3v) is 9.50. The van der Waals surface area contributed by atoms with Gasteiger partial charge in [-0.2, -0.15) is 0 Å². The van der Waals surface area contributed by atoms with Crippen molar-refractivity contribution in [3.05, 3.63) is 52.6 Å². The topological polar surface area (TPSA) is 267 Å². The molecule has 7 N–H and O–H groups in total. The Morgan fingerprint density at radius 2 is 1.67 bits per heavy atom. The van der Waals surface area contributed by atoms with Crippen LogP contribution in [0.15, 0.2) is 35.9 Å². The summed E-state index contributed by atoms with van der Waals surface area (Å²) in [6, 6.07) is 7.06. The fourth-order valence-electron chi connectivity index (χ4n) is 6.94. The van der Waals surface area contributed by atoms with Crippen LogP contribution in [-0.2, 0) is 42.8 Å². The van der Waals surface area contributed by atoms with Gasteiger partial charge in [0.15, 0.2) is 23.9 Å². The van der Waals surface area contributed by atoms with E-state index in [1.807, 2.05) is 0 Å². The Morgan fingerprint density at radius 1 is 0.962 bits per heavy atom. The van der Waals surface area contributed by atoms with Gasteiger partial charge in [0.05, 0.1) is 19.8 Å². The molecule has 0 spiro atoms. The number of aliphatic hydroxyl groups excluding tert-OH is 5. The molecule has 3 aliphatic heterocycles. The number of ether oxygens (including phenoxy) is 8. The van der Waals surface area contributed by atoms with Crippen LogP contribution in [0.25, 0.3) is 6.08 Å². The molecule has 52 heavy (non-hydrogen) atoms. The Kier molecular flexibility index (Phi) is 10.4. The molecular weight excluding hydrogens is 696 g/mol. The van der Waals surface area contributed by atoms with Crippen LogP contribution < -0.4 is 9.47 Å². The maximum Gasteiger partial charge on any atom is 0.335 e. The number of hydrogen-bond acceptors (Lipinski definition) is 18. The number of phenols is 2. The van der Waals surface area contributed by atoms with Crippen molar-refractivity contribution in [1.82, 2.24) is 0 Å². The lowest BCUT2D eigenvalue weighted by atomic mass is 9.70. The number of rotatable bonds is 8. The van der Waals surface area contributed by atoms with E-state index < -0.39 is 110 Å². The molecule has 4 aliphatic rings. The van der Waals surface area contributed by atoms with Crippen molar-refractivity contribution < 1.29 is 88.0 Å². The van der Waals surface area contributed by atoms with Crippen LogP contribution in [-0.4, -0.2) is 142 Å². The zero-order chi connectivity index (χ0) is 37.6. The van der Waals surface area contributed by atoms with E-state index in [0.29, 0.717) is 11.1 Å². The van der Waals surface area contributed by atoms with E-state index in [1.54, 1.807) is 0 Å². The van der Waals surface area contributed by atoms with Crippen LogP contribution in [0.3, 0.4) is 0 Å². The van der Waals surface area contributed by atoms with Crippen molar-refractivity contribution in [2.24, 2.45) is 5.92 Å². The molecular formula is C34H38O18. The highest BCUT2D eigenvalue weighted by molar-refractivity contribution is 6.02. The average molecular weight is 735 g/mol. The molecule has 11 atom stereocenters. The standard InChI is InChI=1S/C34H38O18/c1-13(36)47-10-19-24(38)27(41)28(42)33(49-19)52-34(12-35)30-26(40)20(51-34)11-48-31(43)17-8-15-9-18(45-2)25(39)29(46-3)22(15)21(23(17)32(44)50-30)14-4-6-16(37)7-5-14/h4-9,19-21,23-24,26-28,30,33,35,37-42H,10-12H2,1-3H3/t19-,20-,21+,23+,24-,26-,27+,28-,30+,33-,34+/m1/s1. The monoisotopic (exact) mass is 734 g/mol. The highest BCUT2D eigenvalue weighted by Gasteiger charge is 2.62. The average Bonchev–Trinajstić information content (AvgIpc) is 3.38. The summed E-state index contributed by atoms with van der Waals surface area (Å²) in [5.74, 6) is -8.88. The Morgan fingerprint density at radius 3 is 2.31 bits per heavy atom. The van der Waals surface area contributed by atoms with Crippen LogP contribution >= 0.6 is 0 Å². The van der Waals surface area contributed by atoms with Gasteiger partial charge >= 0.3 is 17.9 Å². The van der Waals surface area contributed by atoms with Gasteiger partial charge in [0.1, 0.15) is 68.1 Å². The number of carbonyl (C=O) groups excluding carboxylic acids is 3. The first-order valence-electron chi connectivity index (χ1n) is 16.1. The molecule has 0 radical (unpaired) electrons. The summed E-state index contributed by atoms with van der Waals surface area (Å²) in [4.78, 5) is 39.7. The Balaban J connectivity index is 1.43. The summed E-state index contributed by atoms with van der Waals surface area (Å²) in [7, 11) is 2.58. The van der Waals surface area contributed by atoms with Gasteiger partial charge in [-0.3, -0.25) is 9.59 Å². The Bertz CT molecular complexity index is 1730. The first-order valence-corrected chi connectivity index (χ1v) is 16.1. The highest BCUT2D eigenvalue weighted by Crippen LogP contribution is 2.53. The number of esters is 3. The van der Waals surface area contributed by atoms with Gasteiger partial charge in [0.25, 0.3) is 0 Å². The molecule has 18 nitrogen and oxygen atoms in total. The summed E-state index contributed by atoms with van der Waals surface area (Å²) in [5.41, 5.74) is 0.652. The van der Waals surface area contributed by atoms with Crippen molar-refractivity contribution >= 4 is 24.0 Å². The number of fused-ring (bicyclic) bond motifs is 4. The second kappa shape index (κ2) is 14.5. The smallest absolute Gasteiger partial charge is 0.335 e. The molecule has 6 rings (SSSR count). The summed E-state index contributed by atoms with van der Waals surface area (Å²) in [6.45, 7) is -1.30. The minimum absolute atomic E-state index is 0.00883. The third kappa shape index (κ3) is 6.41. The summed E-state index contributed by atoms with van der Waals surface area (Å²) >= 11 is 0. The number of cyclic esters (lactones) is 1. The zero-order valence-electron chi connectivity index (χ0n) is 28.0. The summed E-state index contributed by atoms with van der Waals surface area (Å²) < 4.78 is 44.5. The predicted molar refractivity (Wildman–Crippen MR) is 169 cm³/mol. The molecule has 3 heterocycles. The number of aliphatic hydroxyl groups is 5. The minimum Gasteiger partial charge on any atom is -0.508 e. The summed E-state index contributed by atoms with van der Waals surface area (Å²) in [6.07, 6.45) is -12.9. The number of benzene rings is 2. The molecule has 282 valence electrons. The zero-order valence-corrected chi connectivity index (χ0v) is 28.0. The normalized spacial score (nSPS) is 34.2. The van der Waals surface area contributed by atoms with E-state index in [0.717, 1.165) is 6.92 Å². The van der Waals surface area contributed by atoms with Crippen molar-refractivity contribution in [2.45, 2.75) is 67.6 Å². The van der Waals surface area contributed by atoms with Gasteiger partial charge in [0.2, 0.25) is 11.5 Å². The molecule has 18 heteroatoms. The lowest BCUT2D eigenvalue weighted by Crippen LogP contribution is -2.63. The molecule has 2 bridgehead atoms. The predicted octanol–water partition coefficient (Wildman–Crippen LogP) is -1.44. The first-order chi connectivity index (χ1) is 24.7. The fraction of sp³-hybridized carbons (Fsp3) is 0.500. The van der Waals surface area contributed by atoms with E-state index >= 15 is 0 Å². The Labute approximate surface area is 295 Å².